The second-order valence-corrected chi connectivity index (χ2v) is 6.10. The Labute approximate surface area is 163 Å². The monoisotopic (exact) mass is 396 g/mol. The molecular weight excluding hydrogens is 370 g/mol. The number of nitro groups is 3. The first-order valence-electron chi connectivity index (χ1n) is 9.11. The molecule has 10 heteroatoms. The molecule has 0 spiro atoms. The van der Waals surface area contributed by atoms with Gasteiger partial charge in [-0.1, -0.05) is 56.2 Å². The van der Waals surface area contributed by atoms with Crippen molar-refractivity contribution in [3.63, 3.8) is 0 Å². The molecule has 28 heavy (non-hydrogen) atoms. The first kappa shape index (κ1) is 25.1. The van der Waals surface area contributed by atoms with Crippen LogP contribution in [0.25, 0.3) is 0 Å². The number of allylic oxidation sites excluding steroid dienone is 6. The van der Waals surface area contributed by atoms with Crippen LogP contribution in [0, 0.1) is 30.3 Å². The van der Waals surface area contributed by atoms with E-state index in [1.807, 2.05) is 12.2 Å². The second-order valence-electron chi connectivity index (χ2n) is 6.10. The summed E-state index contributed by atoms with van der Waals surface area (Å²) >= 11 is 0. The number of rotatable bonds is 16. The van der Waals surface area contributed by atoms with Gasteiger partial charge in [-0.15, -0.1) is 0 Å². The summed E-state index contributed by atoms with van der Waals surface area (Å²) in [6.45, 7) is 2.15. The Morgan fingerprint density at radius 1 is 0.857 bits per heavy atom. The third-order valence-electron chi connectivity index (χ3n) is 4.05. The van der Waals surface area contributed by atoms with Crippen LogP contribution in [-0.4, -0.2) is 32.8 Å². The van der Waals surface area contributed by atoms with Crippen molar-refractivity contribution in [1.29, 1.82) is 0 Å². The van der Waals surface area contributed by atoms with Crippen molar-refractivity contribution in [1.82, 2.24) is 0 Å². The summed E-state index contributed by atoms with van der Waals surface area (Å²) in [7, 11) is 0. The minimum absolute atomic E-state index is 0.0120. The zero-order chi connectivity index (χ0) is 21.4. The van der Waals surface area contributed by atoms with Crippen LogP contribution in [0.5, 0.6) is 0 Å². The maximum Gasteiger partial charge on any atom is 0.588 e. The molecule has 155 valence electrons. The van der Waals surface area contributed by atoms with Gasteiger partial charge in [0.25, 0.3) is 0 Å². The molecule has 0 saturated heterocycles. The van der Waals surface area contributed by atoms with E-state index in [9.17, 15) is 35.1 Å². The summed E-state index contributed by atoms with van der Waals surface area (Å²) in [6, 6.07) is -2.30. The minimum atomic E-state index is -3.60. The SMILES string of the molecule is CCCCC/C=C/C/C=C/C/C=C/CCC([N+](=O)[O-])C([C]=O)([N+](=O)[O-])[N+](=O)[O-]. The first-order valence-corrected chi connectivity index (χ1v) is 9.11. The fourth-order valence-electron chi connectivity index (χ4n) is 2.45. The number of hydrogen-bond acceptors (Lipinski definition) is 7. The third-order valence-corrected chi connectivity index (χ3v) is 4.05. The molecule has 0 heterocycles. The summed E-state index contributed by atoms with van der Waals surface area (Å²) in [5.41, 5.74) is -3.60. The summed E-state index contributed by atoms with van der Waals surface area (Å²) in [5, 5.41) is 32.9. The van der Waals surface area contributed by atoms with Gasteiger partial charge in [0.05, 0.1) is 0 Å². The molecule has 0 aliphatic heterocycles. The van der Waals surface area contributed by atoms with Crippen molar-refractivity contribution in [3.8, 4) is 0 Å². The van der Waals surface area contributed by atoms with Crippen LogP contribution >= 0.6 is 0 Å². The molecule has 0 aliphatic carbocycles. The third kappa shape index (κ3) is 8.19. The molecule has 0 aromatic heterocycles. The Bertz CT molecular complexity index is 600. The molecule has 0 fully saturated rings. The standard InChI is InChI=1S/C18H26N3O7/c1-2-3-4-5-6-7-8-9-10-11-12-13-14-15-17(19(23)24)18(16-22,20(25)26)21(27)28/h6-7,9-10,12-13,17H,2-5,8,11,14-15H2,1H3/b7-6+,10-9+,13-12+. The zero-order valence-corrected chi connectivity index (χ0v) is 15.9. The molecule has 0 aromatic carbocycles. The zero-order valence-electron chi connectivity index (χ0n) is 15.9. The largest absolute Gasteiger partial charge is 0.588 e. The van der Waals surface area contributed by atoms with Crippen molar-refractivity contribution in [2.24, 2.45) is 0 Å². The van der Waals surface area contributed by atoms with E-state index < -0.39 is 32.9 Å². The fourth-order valence-corrected chi connectivity index (χ4v) is 2.45. The number of hydrogen-bond donors (Lipinski definition) is 0. The molecule has 0 saturated carbocycles. The molecule has 1 atom stereocenters. The highest BCUT2D eigenvalue weighted by Crippen LogP contribution is 2.21. The highest BCUT2D eigenvalue weighted by molar-refractivity contribution is 5.61. The average Bonchev–Trinajstić information content (AvgIpc) is 2.63. The lowest BCUT2D eigenvalue weighted by Gasteiger charge is -2.14. The molecule has 0 rings (SSSR count). The van der Waals surface area contributed by atoms with E-state index in [0.29, 0.717) is 12.7 Å². The van der Waals surface area contributed by atoms with Crippen LogP contribution in [0.2, 0.25) is 0 Å². The topological polar surface area (TPSA) is 146 Å². The van der Waals surface area contributed by atoms with Gasteiger partial charge in [0.1, 0.15) is 9.85 Å². The first-order chi connectivity index (χ1) is 13.3. The Kier molecular flexibility index (Phi) is 12.7. The summed E-state index contributed by atoms with van der Waals surface area (Å²) in [4.78, 5) is 39.5. The fraction of sp³-hybridized carbons (Fsp3) is 0.611. The van der Waals surface area contributed by atoms with Gasteiger partial charge in [0, 0.05) is 11.3 Å². The van der Waals surface area contributed by atoms with Crippen LogP contribution in [0.1, 0.15) is 58.3 Å². The Hall–Kier alpha value is -2.91. The molecule has 0 amide bonds. The lowest BCUT2D eigenvalue weighted by Crippen LogP contribution is -2.59. The van der Waals surface area contributed by atoms with Crippen LogP contribution in [-0.2, 0) is 4.79 Å². The smallest absolute Gasteiger partial charge is 0.273 e. The number of unbranched alkanes of at least 4 members (excludes halogenated alkanes) is 3. The molecule has 10 nitrogen and oxygen atoms in total. The normalized spacial score (nSPS) is 13.3. The highest BCUT2D eigenvalue weighted by Gasteiger charge is 2.71. The summed E-state index contributed by atoms with van der Waals surface area (Å²) < 4.78 is 0. The van der Waals surface area contributed by atoms with E-state index in [0.717, 1.165) is 12.8 Å². The molecule has 0 aromatic rings. The quantitative estimate of drug-likeness (QED) is 0.127. The van der Waals surface area contributed by atoms with Crippen LogP contribution in [0.4, 0.5) is 0 Å². The number of carbonyl (C=O) groups excluding carboxylic acids is 1. The lowest BCUT2D eigenvalue weighted by molar-refractivity contribution is -0.810. The van der Waals surface area contributed by atoms with Crippen LogP contribution in [0.3, 0.4) is 0 Å². The second kappa shape index (κ2) is 14.2. The van der Waals surface area contributed by atoms with Crippen molar-refractivity contribution < 1.29 is 19.6 Å². The predicted molar refractivity (Wildman–Crippen MR) is 103 cm³/mol. The highest BCUT2D eigenvalue weighted by atomic mass is 16.7. The van der Waals surface area contributed by atoms with Gasteiger partial charge in [-0.2, -0.15) is 0 Å². The van der Waals surface area contributed by atoms with Crippen molar-refractivity contribution >= 4 is 6.29 Å². The van der Waals surface area contributed by atoms with Gasteiger partial charge in [0.2, 0.25) is 0 Å². The van der Waals surface area contributed by atoms with E-state index >= 15 is 0 Å². The van der Waals surface area contributed by atoms with Gasteiger partial charge < -0.3 is 0 Å². The number of nitrogens with zero attached hydrogens (tertiary/aromatic N) is 3. The van der Waals surface area contributed by atoms with Gasteiger partial charge >= 0.3 is 18.0 Å². The Morgan fingerprint density at radius 2 is 1.36 bits per heavy atom. The van der Waals surface area contributed by atoms with E-state index in [4.69, 9.17) is 0 Å². The molecule has 0 N–H and O–H groups in total. The maximum absolute atomic E-state index is 11.0. The Morgan fingerprint density at radius 3 is 1.79 bits per heavy atom. The Balaban J connectivity index is 4.48. The van der Waals surface area contributed by atoms with Crippen LogP contribution in [0.15, 0.2) is 36.5 Å². The van der Waals surface area contributed by atoms with E-state index in [-0.39, 0.29) is 6.42 Å². The lowest BCUT2D eigenvalue weighted by atomic mass is 9.98. The molecule has 1 unspecified atom stereocenters. The maximum atomic E-state index is 11.0. The van der Waals surface area contributed by atoms with Gasteiger partial charge in [0.15, 0.2) is 0 Å². The van der Waals surface area contributed by atoms with E-state index in [1.165, 1.54) is 25.3 Å². The average molecular weight is 396 g/mol. The van der Waals surface area contributed by atoms with Gasteiger partial charge in [-0.25, -0.2) is 0 Å². The summed E-state index contributed by atoms with van der Waals surface area (Å²) in [5.74, 6) is 0. The van der Waals surface area contributed by atoms with E-state index in [2.05, 4.69) is 19.1 Å². The molecule has 0 bridgehead atoms. The van der Waals surface area contributed by atoms with Crippen molar-refractivity contribution in [2.75, 3.05) is 0 Å². The van der Waals surface area contributed by atoms with Gasteiger partial charge in [-0.05, 0) is 32.1 Å². The van der Waals surface area contributed by atoms with Crippen molar-refractivity contribution in [3.05, 3.63) is 66.8 Å². The molecule has 0 aliphatic rings. The predicted octanol–water partition coefficient (Wildman–Crippen LogP) is 3.80. The van der Waals surface area contributed by atoms with Crippen LogP contribution < -0.4 is 0 Å². The summed E-state index contributed by atoms with van der Waals surface area (Å²) in [6.07, 6.45) is 17.4. The van der Waals surface area contributed by atoms with Gasteiger partial charge in [-0.3, -0.25) is 35.1 Å². The molecule has 1 radical (unpaired) electrons. The minimum Gasteiger partial charge on any atom is -0.273 e. The molecular formula is C18H26N3O7. The van der Waals surface area contributed by atoms with Crippen molar-refractivity contribution in [2.45, 2.75) is 70.0 Å². The van der Waals surface area contributed by atoms with E-state index in [1.54, 1.807) is 6.08 Å².